The van der Waals surface area contributed by atoms with Crippen molar-refractivity contribution in [1.82, 2.24) is 0 Å². The Morgan fingerprint density at radius 1 is 1.00 bits per heavy atom. The van der Waals surface area contributed by atoms with Crippen molar-refractivity contribution in [2.75, 3.05) is 13.2 Å². The molecule has 0 heterocycles. The van der Waals surface area contributed by atoms with Gasteiger partial charge in [-0.05, 0) is 36.7 Å². The van der Waals surface area contributed by atoms with Gasteiger partial charge in [0.2, 0.25) is 0 Å². The topological polar surface area (TPSA) is 44.5 Å². The molecule has 2 rings (SSSR count). The lowest BCUT2D eigenvalue weighted by molar-refractivity contribution is -0.274. The molecule has 0 aliphatic carbocycles. The van der Waals surface area contributed by atoms with Crippen LogP contribution in [0.4, 0.5) is 13.2 Å². The van der Waals surface area contributed by atoms with E-state index in [-0.39, 0.29) is 5.75 Å². The van der Waals surface area contributed by atoms with E-state index in [1.807, 2.05) is 0 Å². The van der Waals surface area contributed by atoms with Crippen LogP contribution in [-0.4, -0.2) is 19.5 Å². The highest BCUT2D eigenvalue weighted by molar-refractivity contribution is 5.71. The van der Waals surface area contributed by atoms with Crippen LogP contribution in [0, 0.1) is 0 Å². The molecule has 0 amide bonds. The molecule has 0 aliphatic rings. The summed E-state index contributed by atoms with van der Waals surface area (Å²) in [6.07, 6.45) is -4.01. The van der Waals surface area contributed by atoms with E-state index >= 15 is 0 Å². The predicted molar refractivity (Wildman–Crippen MR) is 77.7 cm³/mol. The van der Waals surface area contributed by atoms with E-state index in [9.17, 15) is 13.2 Å². The summed E-state index contributed by atoms with van der Waals surface area (Å²) in [4.78, 5) is 0. The minimum atomic E-state index is -4.71. The van der Waals surface area contributed by atoms with Crippen LogP contribution in [0.2, 0.25) is 0 Å². The first-order chi connectivity index (χ1) is 10.5. The Morgan fingerprint density at radius 2 is 1.77 bits per heavy atom. The van der Waals surface area contributed by atoms with Gasteiger partial charge in [-0.15, -0.1) is 13.2 Å². The van der Waals surface area contributed by atoms with Crippen molar-refractivity contribution in [2.24, 2.45) is 5.73 Å². The zero-order valence-electron chi connectivity index (χ0n) is 11.8. The average Bonchev–Trinajstić information content (AvgIpc) is 2.46. The fourth-order valence-electron chi connectivity index (χ4n) is 1.96. The molecule has 0 atom stereocenters. The quantitative estimate of drug-likeness (QED) is 0.821. The second kappa shape index (κ2) is 7.17. The molecule has 0 aromatic heterocycles. The Labute approximate surface area is 126 Å². The third kappa shape index (κ3) is 4.66. The molecule has 2 aromatic rings. The number of benzene rings is 2. The number of hydrogen-bond acceptors (Lipinski definition) is 3. The number of hydrogen-bond donors (Lipinski definition) is 1. The number of rotatable bonds is 6. The maximum absolute atomic E-state index is 12.3. The van der Waals surface area contributed by atoms with Gasteiger partial charge in [-0.3, -0.25) is 0 Å². The molecule has 2 aromatic carbocycles. The van der Waals surface area contributed by atoms with E-state index in [1.165, 1.54) is 18.2 Å². The lowest BCUT2D eigenvalue weighted by Gasteiger charge is -2.13. The molecule has 0 spiro atoms. The lowest BCUT2D eigenvalue weighted by Crippen LogP contribution is -2.17. The molecule has 0 unspecified atom stereocenters. The molecule has 3 nitrogen and oxygen atoms in total. The number of para-hydroxylation sites is 1. The normalized spacial score (nSPS) is 11.3. The Balaban J connectivity index is 2.26. The number of halogens is 3. The van der Waals surface area contributed by atoms with Crippen LogP contribution < -0.4 is 15.2 Å². The highest BCUT2D eigenvalue weighted by Crippen LogP contribution is 2.33. The summed E-state index contributed by atoms with van der Waals surface area (Å²) in [5, 5.41) is 0. The Hall–Kier alpha value is -2.21. The van der Waals surface area contributed by atoms with Gasteiger partial charge < -0.3 is 15.2 Å². The average molecular weight is 311 g/mol. The van der Waals surface area contributed by atoms with Crippen LogP contribution in [0.1, 0.15) is 6.42 Å². The third-order valence-corrected chi connectivity index (χ3v) is 2.87. The Bertz CT molecular complexity index is 614. The largest absolute Gasteiger partial charge is 0.573 e. The third-order valence-electron chi connectivity index (χ3n) is 2.87. The number of nitrogens with two attached hydrogens (primary N) is 1. The predicted octanol–water partition coefficient (Wildman–Crippen LogP) is 3.98. The molecule has 6 heteroatoms. The number of alkyl halides is 3. The van der Waals surface area contributed by atoms with E-state index in [4.69, 9.17) is 10.5 Å². The SMILES string of the molecule is NCCCOc1ccccc1-c1cccc(OC(F)(F)F)c1. The van der Waals surface area contributed by atoms with Crippen molar-refractivity contribution in [1.29, 1.82) is 0 Å². The van der Waals surface area contributed by atoms with Crippen LogP contribution >= 0.6 is 0 Å². The summed E-state index contributed by atoms with van der Waals surface area (Å²) in [5.41, 5.74) is 6.71. The van der Waals surface area contributed by atoms with Crippen LogP contribution in [-0.2, 0) is 0 Å². The summed E-state index contributed by atoms with van der Waals surface area (Å²) < 4.78 is 46.5. The van der Waals surface area contributed by atoms with Crippen molar-refractivity contribution in [3.8, 4) is 22.6 Å². The highest BCUT2D eigenvalue weighted by Gasteiger charge is 2.31. The minimum Gasteiger partial charge on any atom is -0.493 e. The molecule has 0 bridgehead atoms. The fraction of sp³-hybridized carbons (Fsp3) is 0.250. The van der Waals surface area contributed by atoms with Crippen molar-refractivity contribution in [2.45, 2.75) is 12.8 Å². The smallest absolute Gasteiger partial charge is 0.493 e. The molecule has 0 fully saturated rings. The summed E-state index contributed by atoms with van der Waals surface area (Å²) in [7, 11) is 0. The first kappa shape index (κ1) is 16.2. The van der Waals surface area contributed by atoms with E-state index in [1.54, 1.807) is 30.3 Å². The van der Waals surface area contributed by atoms with Crippen molar-refractivity contribution < 1.29 is 22.6 Å². The summed E-state index contributed by atoms with van der Waals surface area (Å²) >= 11 is 0. The van der Waals surface area contributed by atoms with Gasteiger partial charge in [-0.2, -0.15) is 0 Å². The van der Waals surface area contributed by atoms with Gasteiger partial charge in [0.15, 0.2) is 0 Å². The fourth-order valence-corrected chi connectivity index (χ4v) is 1.96. The van der Waals surface area contributed by atoms with Gasteiger partial charge in [0.25, 0.3) is 0 Å². The van der Waals surface area contributed by atoms with Crippen LogP contribution in [0.5, 0.6) is 11.5 Å². The van der Waals surface area contributed by atoms with Crippen LogP contribution in [0.25, 0.3) is 11.1 Å². The lowest BCUT2D eigenvalue weighted by atomic mass is 10.0. The molecular weight excluding hydrogens is 295 g/mol. The second-order valence-electron chi connectivity index (χ2n) is 4.56. The zero-order valence-corrected chi connectivity index (χ0v) is 11.8. The van der Waals surface area contributed by atoms with Crippen LogP contribution in [0.3, 0.4) is 0 Å². The van der Waals surface area contributed by atoms with Crippen LogP contribution in [0.15, 0.2) is 48.5 Å². The molecule has 0 radical (unpaired) electrons. The van der Waals surface area contributed by atoms with E-state index in [2.05, 4.69) is 4.74 Å². The molecule has 0 saturated heterocycles. The molecule has 22 heavy (non-hydrogen) atoms. The van der Waals surface area contributed by atoms with E-state index in [0.717, 1.165) is 0 Å². The highest BCUT2D eigenvalue weighted by atomic mass is 19.4. The van der Waals surface area contributed by atoms with Crippen molar-refractivity contribution in [3.05, 3.63) is 48.5 Å². The van der Waals surface area contributed by atoms with Gasteiger partial charge in [0.05, 0.1) is 6.61 Å². The van der Waals surface area contributed by atoms with Crippen molar-refractivity contribution in [3.63, 3.8) is 0 Å². The van der Waals surface area contributed by atoms with Gasteiger partial charge in [0.1, 0.15) is 11.5 Å². The minimum absolute atomic E-state index is 0.262. The number of ether oxygens (including phenoxy) is 2. The Kier molecular flexibility index (Phi) is 5.27. The molecule has 118 valence electrons. The second-order valence-corrected chi connectivity index (χ2v) is 4.56. The van der Waals surface area contributed by atoms with Gasteiger partial charge in [0, 0.05) is 5.56 Å². The summed E-state index contributed by atoms with van der Waals surface area (Å²) in [5.74, 6) is 0.335. The maximum atomic E-state index is 12.3. The van der Waals surface area contributed by atoms with Gasteiger partial charge >= 0.3 is 6.36 Å². The van der Waals surface area contributed by atoms with Gasteiger partial charge in [-0.25, -0.2) is 0 Å². The Morgan fingerprint density at radius 3 is 2.50 bits per heavy atom. The zero-order chi connectivity index (χ0) is 16.0. The van der Waals surface area contributed by atoms with Crippen molar-refractivity contribution >= 4 is 0 Å². The summed E-state index contributed by atoms with van der Waals surface area (Å²) in [6.45, 7) is 0.962. The molecule has 0 saturated carbocycles. The monoisotopic (exact) mass is 311 g/mol. The maximum Gasteiger partial charge on any atom is 0.573 e. The van der Waals surface area contributed by atoms with E-state index < -0.39 is 6.36 Å². The first-order valence-electron chi connectivity index (χ1n) is 6.77. The molecule has 0 aliphatic heterocycles. The standard InChI is InChI=1S/C16H16F3NO2/c17-16(18,19)22-13-6-3-5-12(11-13)14-7-1-2-8-15(14)21-10-4-9-20/h1-3,5-8,11H,4,9-10,20H2. The summed E-state index contributed by atoms with van der Waals surface area (Å²) in [6, 6.07) is 12.9. The molecule has 2 N–H and O–H groups in total. The molecular formula is C16H16F3NO2. The first-order valence-corrected chi connectivity index (χ1v) is 6.77. The van der Waals surface area contributed by atoms with E-state index in [0.29, 0.717) is 36.4 Å². The van der Waals surface area contributed by atoms with Gasteiger partial charge in [-0.1, -0.05) is 30.3 Å².